The van der Waals surface area contributed by atoms with E-state index in [2.05, 4.69) is 9.97 Å². The molecule has 1 aromatic carbocycles. The standard InChI is InChI=1S/C12H10F2N2O/c1-6-7(2)15-11(16-12(6)17)8-3-4-9(13)10(14)5-8/h3-5H,1-2H3,(H,15,16,17). The molecule has 3 nitrogen and oxygen atoms in total. The Morgan fingerprint density at radius 1 is 1.18 bits per heavy atom. The van der Waals surface area contributed by atoms with Crippen molar-refractivity contribution in [3.63, 3.8) is 0 Å². The molecule has 0 aliphatic rings. The monoisotopic (exact) mass is 236 g/mol. The van der Waals surface area contributed by atoms with E-state index in [1.165, 1.54) is 6.07 Å². The molecule has 0 amide bonds. The summed E-state index contributed by atoms with van der Waals surface area (Å²) in [5, 5.41) is 0. The minimum atomic E-state index is -0.969. The number of halogens is 2. The zero-order valence-electron chi connectivity index (χ0n) is 9.34. The first-order valence-corrected chi connectivity index (χ1v) is 5.02. The lowest BCUT2D eigenvalue weighted by Crippen LogP contribution is -2.14. The van der Waals surface area contributed by atoms with Crippen molar-refractivity contribution < 1.29 is 8.78 Å². The van der Waals surface area contributed by atoms with Crippen LogP contribution in [0.4, 0.5) is 8.78 Å². The predicted octanol–water partition coefficient (Wildman–Crippen LogP) is 2.33. The molecule has 1 heterocycles. The van der Waals surface area contributed by atoms with Crippen LogP contribution in [-0.4, -0.2) is 9.97 Å². The number of aromatic nitrogens is 2. The highest BCUT2D eigenvalue weighted by molar-refractivity contribution is 5.55. The van der Waals surface area contributed by atoms with Crippen molar-refractivity contribution in [3.8, 4) is 11.4 Å². The maximum absolute atomic E-state index is 13.1. The van der Waals surface area contributed by atoms with E-state index in [0.717, 1.165) is 12.1 Å². The van der Waals surface area contributed by atoms with Crippen LogP contribution in [0, 0.1) is 25.5 Å². The van der Waals surface area contributed by atoms with Crippen molar-refractivity contribution in [2.75, 3.05) is 0 Å². The van der Waals surface area contributed by atoms with Crippen molar-refractivity contribution in [2.45, 2.75) is 13.8 Å². The third kappa shape index (κ3) is 2.08. The molecule has 1 N–H and O–H groups in total. The molecule has 5 heteroatoms. The first kappa shape index (κ1) is 11.4. The maximum Gasteiger partial charge on any atom is 0.254 e. The minimum absolute atomic E-state index is 0.233. The molecule has 88 valence electrons. The Hall–Kier alpha value is -2.04. The first-order chi connectivity index (χ1) is 7.99. The van der Waals surface area contributed by atoms with Gasteiger partial charge >= 0.3 is 0 Å². The van der Waals surface area contributed by atoms with E-state index in [1.807, 2.05) is 0 Å². The van der Waals surface area contributed by atoms with Crippen molar-refractivity contribution in [1.82, 2.24) is 9.97 Å². The highest BCUT2D eigenvalue weighted by Gasteiger charge is 2.08. The van der Waals surface area contributed by atoms with Gasteiger partial charge in [0, 0.05) is 16.8 Å². The van der Waals surface area contributed by atoms with Crippen LogP contribution < -0.4 is 5.56 Å². The van der Waals surface area contributed by atoms with E-state index >= 15 is 0 Å². The van der Waals surface area contributed by atoms with Gasteiger partial charge in [0.05, 0.1) is 0 Å². The van der Waals surface area contributed by atoms with Crippen LogP contribution in [-0.2, 0) is 0 Å². The summed E-state index contributed by atoms with van der Waals surface area (Å²) in [6.07, 6.45) is 0. The van der Waals surface area contributed by atoms with Crippen molar-refractivity contribution in [2.24, 2.45) is 0 Å². The summed E-state index contributed by atoms with van der Waals surface area (Å²) in [4.78, 5) is 18.2. The summed E-state index contributed by atoms with van der Waals surface area (Å²) in [7, 11) is 0. The third-order valence-corrected chi connectivity index (χ3v) is 2.59. The van der Waals surface area contributed by atoms with Gasteiger partial charge < -0.3 is 4.98 Å². The average molecular weight is 236 g/mol. The van der Waals surface area contributed by atoms with E-state index in [9.17, 15) is 13.6 Å². The number of aromatic amines is 1. The van der Waals surface area contributed by atoms with E-state index in [4.69, 9.17) is 0 Å². The van der Waals surface area contributed by atoms with Crippen molar-refractivity contribution >= 4 is 0 Å². The molecular formula is C12H10F2N2O. The normalized spacial score (nSPS) is 10.6. The molecule has 0 unspecified atom stereocenters. The van der Waals surface area contributed by atoms with Crippen LogP contribution >= 0.6 is 0 Å². The van der Waals surface area contributed by atoms with Gasteiger partial charge in [0.2, 0.25) is 0 Å². The number of benzene rings is 1. The number of H-pyrrole nitrogens is 1. The quantitative estimate of drug-likeness (QED) is 0.826. The summed E-state index contributed by atoms with van der Waals surface area (Å²) in [6, 6.07) is 3.37. The lowest BCUT2D eigenvalue weighted by molar-refractivity contribution is 0.509. The molecule has 0 saturated heterocycles. The zero-order chi connectivity index (χ0) is 12.6. The summed E-state index contributed by atoms with van der Waals surface area (Å²) < 4.78 is 25.8. The van der Waals surface area contributed by atoms with Gasteiger partial charge in [-0.2, -0.15) is 0 Å². The van der Waals surface area contributed by atoms with Gasteiger partial charge in [-0.15, -0.1) is 0 Å². The fourth-order valence-electron chi connectivity index (χ4n) is 1.43. The van der Waals surface area contributed by atoms with Gasteiger partial charge in [-0.1, -0.05) is 0 Å². The Balaban J connectivity index is 2.61. The van der Waals surface area contributed by atoms with Gasteiger partial charge in [-0.3, -0.25) is 4.79 Å². The van der Waals surface area contributed by atoms with Gasteiger partial charge in [0.15, 0.2) is 11.6 Å². The van der Waals surface area contributed by atoms with Gasteiger partial charge in [0.25, 0.3) is 5.56 Å². The molecule has 17 heavy (non-hydrogen) atoms. The molecule has 0 aliphatic carbocycles. The van der Waals surface area contributed by atoms with Crippen LogP contribution in [0.5, 0.6) is 0 Å². The molecule has 1 aromatic heterocycles. The summed E-state index contributed by atoms with van der Waals surface area (Å²) in [5.74, 6) is -1.67. The minimum Gasteiger partial charge on any atom is -0.306 e. The van der Waals surface area contributed by atoms with Gasteiger partial charge in [0.1, 0.15) is 5.82 Å². The number of hydrogen-bond acceptors (Lipinski definition) is 2. The molecular weight excluding hydrogens is 226 g/mol. The number of rotatable bonds is 1. The van der Waals surface area contributed by atoms with Crippen LogP contribution in [0.3, 0.4) is 0 Å². The van der Waals surface area contributed by atoms with Crippen LogP contribution in [0.15, 0.2) is 23.0 Å². The lowest BCUT2D eigenvalue weighted by Gasteiger charge is -2.04. The van der Waals surface area contributed by atoms with Gasteiger partial charge in [-0.05, 0) is 32.0 Å². The van der Waals surface area contributed by atoms with Crippen molar-refractivity contribution in [3.05, 3.63) is 51.4 Å². The Labute approximate surface area is 96.2 Å². The maximum atomic E-state index is 13.1. The summed E-state index contributed by atoms with van der Waals surface area (Å²) >= 11 is 0. The Bertz CT molecular complexity index is 635. The second-order valence-electron chi connectivity index (χ2n) is 3.75. The smallest absolute Gasteiger partial charge is 0.254 e. The molecule has 0 radical (unpaired) electrons. The largest absolute Gasteiger partial charge is 0.306 e. The van der Waals surface area contributed by atoms with Crippen LogP contribution in [0.25, 0.3) is 11.4 Å². The number of nitrogens with zero attached hydrogens (tertiary/aromatic N) is 1. The van der Waals surface area contributed by atoms with E-state index in [1.54, 1.807) is 13.8 Å². The number of nitrogens with one attached hydrogen (secondary N) is 1. The second kappa shape index (κ2) is 4.08. The Morgan fingerprint density at radius 3 is 2.47 bits per heavy atom. The number of hydrogen-bond donors (Lipinski definition) is 1. The molecule has 0 aliphatic heterocycles. The zero-order valence-corrected chi connectivity index (χ0v) is 9.34. The highest BCUT2D eigenvalue weighted by atomic mass is 19.2. The first-order valence-electron chi connectivity index (χ1n) is 5.02. The van der Waals surface area contributed by atoms with E-state index in [-0.39, 0.29) is 11.4 Å². The topological polar surface area (TPSA) is 45.8 Å². The Morgan fingerprint density at radius 2 is 1.88 bits per heavy atom. The van der Waals surface area contributed by atoms with E-state index in [0.29, 0.717) is 16.8 Å². The van der Waals surface area contributed by atoms with Gasteiger partial charge in [-0.25, -0.2) is 13.8 Å². The average Bonchev–Trinajstić information content (AvgIpc) is 2.29. The SMILES string of the molecule is Cc1nc(-c2ccc(F)c(F)c2)[nH]c(=O)c1C. The molecule has 2 aromatic rings. The molecule has 0 atom stereocenters. The fourth-order valence-corrected chi connectivity index (χ4v) is 1.43. The van der Waals surface area contributed by atoms with E-state index < -0.39 is 11.6 Å². The molecule has 0 saturated carbocycles. The fraction of sp³-hybridized carbons (Fsp3) is 0.167. The molecule has 2 rings (SSSR count). The molecule has 0 bridgehead atoms. The molecule has 0 spiro atoms. The second-order valence-corrected chi connectivity index (χ2v) is 3.75. The highest BCUT2D eigenvalue weighted by Crippen LogP contribution is 2.17. The third-order valence-electron chi connectivity index (χ3n) is 2.59. The molecule has 0 fully saturated rings. The summed E-state index contributed by atoms with van der Waals surface area (Å²) in [5.41, 5.74) is 1.13. The van der Waals surface area contributed by atoms with Crippen LogP contribution in [0.1, 0.15) is 11.3 Å². The lowest BCUT2D eigenvalue weighted by atomic mass is 10.2. The van der Waals surface area contributed by atoms with Crippen molar-refractivity contribution in [1.29, 1.82) is 0 Å². The number of aryl methyl sites for hydroxylation is 1. The predicted molar refractivity (Wildman–Crippen MR) is 59.7 cm³/mol. The van der Waals surface area contributed by atoms with Crippen LogP contribution in [0.2, 0.25) is 0 Å². The summed E-state index contributed by atoms with van der Waals surface area (Å²) in [6.45, 7) is 3.34. The Kier molecular flexibility index (Phi) is 2.75.